The molecule has 0 unspecified atom stereocenters. The van der Waals surface area contributed by atoms with Crippen LogP contribution in [0.4, 0.5) is 11.6 Å². The highest BCUT2D eigenvalue weighted by Crippen LogP contribution is 2.21. The molecule has 0 spiro atoms. The van der Waals surface area contributed by atoms with Crippen LogP contribution in [-0.4, -0.2) is 52.9 Å². The van der Waals surface area contributed by atoms with Gasteiger partial charge in [0.2, 0.25) is 11.9 Å². The van der Waals surface area contributed by atoms with Crippen molar-refractivity contribution < 1.29 is 14.3 Å². The van der Waals surface area contributed by atoms with Crippen molar-refractivity contribution in [2.24, 2.45) is 0 Å². The Morgan fingerprint density at radius 3 is 2.78 bits per heavy atom. The number of rotatable bonds is 6. The normalized spacial score (nSPS) is 15.8. The Balaban J connectivity index is 1.41. The van der Waals surface area contributed by atoms with E-state index in [4.69, 9.17) is 4.74 Å². The molecule has 1 saturated heterocycles. The van der Waals surface area contributed by atoms with Gasteiger partial charge in [-0.2, -0.15) is 0 Å². The number of fused-ring (bicyclic) bond motifs is 1. The molecule has 8 nitrogen and oxygen atoms in total. The maximum absolute atomic E-state index is 13.0. The maximum Gasteiger partial charge on any atom is 0.253 e. The first-order chi connectivity index (χ1) is 15.6. The van der Waals surface area contributed by atoms with Gasteiger partial charge in [0.15, 0.2) is 0 Å². The number of nitrogens with zero attached hydrogens (tertiary/aromatic N) is 3. The van der Waals surface area contributed by atoms with Gasteiger partial charge < -0.3 is 20.3 Å². The van der Waals surface area contributed by atoms with E-state index < -0.39 is 0 Å². The predicted octanol–water partition coefficient (Wildman–Crippen LogP) is 3.48. The van der Waals surface area contributed by atoms with Crippen LogP contribution < -0.4 is 15.4 Å². The third-order valence-electron chi connectivity index (χ3n) is 5.42. The number of benzene rings is 2. The second-order valence-corrected chi connectivity index (χ2v) is 7.62. The Morgan fingerprint density at radius 2 is 2.03 bits per heavy atom. The van der Waals surface area contributed by atoms with Gasteiger partial charge in [-0.3, -0.25) is 9.59 Å². The van der Waals surface area contributed by atoms with Crippen molar-refractivity contribution in [2.75, 3.05) is 30.8 Å². The van der Waals surface area contributed by atoms with E-state index in [-0.39, 0.29) is 17.9 Å². The SMILES string of the molecule is C=CC(=O)Nc1ccc(C(=O)N2CCC[C@@H](Nc3ncc4ccc(OC)cc4n3)C2)cc1. The van der Waals surface area contributed by atoms with Crippen molar-refractivity contribution in [1.29, 1.82) is 0 Å². The summed E-state index contributed by atoms with van der Waals surface area (Å²) < 4.78 is 5.28. The molecule has 164 valence electrons. The molecule has 8 heteroatoms. The lowest BCUT2D eigenvalue weighted by Gasteiger charge is -2.33. The number of nitrogens with one attached hydrogen (secondary N) is 2. The average Bonchev–Trinajstić information content (AvgIpc) is 2.83. The van der Waals surface area contributed by atoms with Crippen LogP contribution in [0.5, 0.6) is 5.75 Å². The lowest BCUT2D eigenvalue weighted by atomic mass is 10.0. The highest BCUT2D eigenvalue weighted by Gasteiger charge is 2.25. The number of ether oxygens (including phenoxy) is 1. The molecule has 0 bridgehead atoms. The third kappa shape index (κ3) is 4.85. The number of anilines is 2. The second kappa shape index (κ2) is 9.47. The molecule has 2 heterocycles. The van der Waals surface area contributed by atoms with Crippen LogP contribution in [0.25, 0.3) is 10.9 Å². The fourth-order valence-electron chi connectivity index (χ4n) is 3.73. The molecule has 4 rings (SSSR count). The predicted molar refractivity (Wildman–Crippen MR) is 124 cm³/mol. The molecule has 0 radical (unpaired) electrons. The molecule has 32 heavy (non-hydrogen) atoms. The number of carbonyl (C=O) groups is 2. The largest absolute Gasteiger partial charge is 0.497 e. The van der Waals surface area contributed by atoms with Crippen LogP contribution in [0.2, 0.25) is 0 Å². The molecule has 1 aliphatic heterocycles. The molecule has 3 aromatic rings. The molecule has 2 aromatic carbocycles. The summed E-state index contributed by atoms with van der Waals surface area (Å²) in [5.41, 5.74) is 2.00. The summed E-state index contributed by atoms with van der Waals surface area (Å²) in [6, 6.07) is 12.6. The van der Waals surface area contributed by atoms with Gasteiger partial charge in [-0.05, 0) is 55.3 Å². The second-order valence-electron chi connectivity index (χ2n) is 7.62. The topological polar surface area (TPSA) is 96.5 Å². The molecule has 1 fully saturated rings. The molecule has 2 amide bonds. The van der Waals surface area contributed by atoms with Gasteiger partial charge in [0, 0.05) is 48.0 Å². The fourth-order valence-corrected chi connectivity index (χ4v) is 3.73. The average molecular weight is 431 g/mol. The standard InChI is InChI=1S/C24H25N5O3/c1-3-22(30)26-18-9-6-16(7-10-18)23(31)29-12-4-5-19(15-29)27-24-25-14-17-8-11-20(32-2)13-21(17)28-24/h3,6-11,13-14,19H,1,4-5,12,15H2,2H3,(H,26,30)(H,25,27,28)/t19-/m1/s1. The molecular weight excluding hydrogens is 406 g/mol. The van der Waals surface area contributed by atoms with Crippen LogP contribution in [0.15, 0.2) is 61.3 Å². The molecular formula is C24H25N5O3. The number of methoxy groups -OCH3 is 1. The van der Waals surface area contributed by atoms with Crippen LogP contribution in [0.1, 0.15) is 23.2 Å². The summed E-state index contributed by atoms with van der Waals surface area (Å²) in [5, 5.41) is 6.98. The minimum atomic E-state index is -0.289. The Labute approximate surface area is 186 Å². The van der Waals surface area contributed by atoms with Crippen molar-refractivity contribution in [3.05, 3.63) is 66.9 Å². The molecule has 0 aliphatic carbocycles. The summed E-state index contributed by atoms with van der Waals surface area (Å²) in [6.45, 7) is 4.69. The lowest BCUT2D eigenvalue weighted by molar-refractivity contribution is -0.111. The molecule has 1 aromatic heterocycles. The van der Waals surface area contributed by atoms with E-state index in [2.05, 4.69) is 27.2 Å². The van der Waals surface area contributed by atoms with Crippen LogP contribution in [0, 0.1) is 0 Å². The zero-order valence-corrected chi connectivity index (χ0v) is 17.9. The summed E-state index contributed by atoms with van der Waals surface area (Å²) in [4.78, 5) is 35.2. The zero-order valence-electron chi connectivity index (χ0n) is 17.9. The summed E-state index contributed by atoms with van der Waals surface area (Å²) in [5.74, 6) is 0.949. The van der Waals surface area contributed by atoms with Crippen molar-refractivity contribution in [1.82, 2.24) is 14.9 Å². The van der Waals surface area contributed by atoms with Crippen molar-refractivity contribution in [3.63, 3.8) is 0 Å². The van der Waals surface area contributed by atoms with Gasteiger partial charge in [0.05, 0.1) is 12.6 Å². The summed E-state index contributed by atoms with van der Waals surface area (Å²) in [7, 11) is 1.63. The van der Waals surface area contributed by atoms with Crippen LogP contribution >= 0.6 is 0 Å². The van der Waals surface area contributed by atoms with Crippen molar-refractivity contribution >= 4 is 34.4 Å². The van der Waals surface area contributed by atoms with E-state index in [1.165, 1.54) is 6.08 Å². The number of likely N-dealkylation sites (tertiary alicyclic amines) is 1. The van der Waals surface area contributed by atoms with Crippen molar-refractivity contribution in [3.8, 4) is 5.75 Å². The Morgan fingerprint density at radius 1 is 1.22 bits per heavy atom. The van der Waals surface area contributed by atoms with E-state index in [9.17, 15) is 9.59 Å². The molecule has 1 aliphatic rings. The molecule has 2 N–H and O–H groups in total. The number of aromatic nitrogens is 2. The first-order valence-electron chi connectivity index (χ1n) is 10.5. The zero-order chi connectivity index (χ0) is 22.5. The van der Waals surface area contributed by atoms with Gasteiger partial charge >= 0.3 is 0 Å². The Bertz CT molecular complexity index is 1150. The summed E-state index contributed by atoms with van der Waals surface area (Å²) in [6.07, 6.45) is 4.80. The van der Waals surface area contributed by atoms with Gasteiger partial charge in [0.1, 0.15) is 5.75 Å². The molecule has 0 saturated carbocycles. The van der Waals surface area contributed by atoms with Gasteiger partial charge in [-0.1, -0.05) is 6.58 Å². The quantitative estimate of drug-likeness (QED) is 0.580. The minimum absolute atomic E-state index is 0.0396. The van der Waals surface area contributed by atoms with E-state index >= 15 is 0 Å². The van der Waals surface area contributed by atoms with E-state index in [0.29, 0.717) is 30.3 Å². The number of hydrogen-bond donors (Lipinski definition) is 2. The van der Waals surface area contributed by atoms with Gasteiger partial charge in [-0.15, -0.1) is 0 Å². The van der Waals surface area contributed by atoms with Crippen LogP contribution in [0.3, 0.4) is 0 Å². The number of amides is 2. The van der Waals surface area contributed by atoms with Crippen molar-refractivity contribution in [2.45, 2.75) is 18.9 Å². The van der Waals surface area contributed by atoms with E-state index in [0.717, 1.165) is 29.5 Å². The Kier molecular flexibility index (Phi) is 6.30. The fraction of sp³-hybridized carbons (Fsp3) is 0.250. The maximum atomic E-state index is 13.0. The smallest absolute Gasteiger partial charge is 0.253 e. The number of piperidine rings is 1. The monoisotopic (exact) mass is 431 g/mol. The number of carbonyl (C=O) groups excluding carboxylic acids is 2. The molecule has 1 atom stereocenters. The minimum Gasteiger partial charge on any atom is -0.497 e. The summed E-state index contributed by atoms with van der Waals surface area (Å²) >= 11 is 0. The third-order valence-corrected chi connectivity index (χ3v) is 5.42. The highest BCUT2D eigenvalue weighted by atomic mass is 16.5. The first kappa shape index (κ1) is 21.3. The van der Waals surface area contributed by atoms with E-state index in [1.807, 2.05) is 23.1 Å². The number of hydrogen-bond acceptors (Lipinski definition) is 6. The van der Waals surface area contributed by atoms with Gasteiger partial charge in [-0.25, -0.2) is 9.97 Å². The lowest BCUT2D eigenvalue weighted by Crippen LogP contribution is -2.45. The van der Waals surface area contributed by atoms with Gasteiger partial charge in [0.25, 0.3) is 5.91 Å². The van der Waals surface area contributed by atoms with Crippen LogP contribution in [-0.2, 0) is 4.79 Å². The highest BCUT2D eigenvalue weighted by molar-refractivity contribution is 5.99. The van der Waals surface area contributed by atoms with E-state index in [1.54, 1.807) is 37.6 Å². The first-order valence-corrected chi connectivity index (χ1v) is 10.5. The Hall–Kier alpha value is -3.94.